The molecule has 0 aliphatic rings. The highest BCUT2D eigenvalue weighted by atomic mass is 127. The lowest BCUT2D eigenvalue weighted by Gasteiger charge is -2.08. The molecule has 3 nitrogen and oxygen atoms in total. The van der Waals surface area contributed by atoms with Gasteiger partial charge < -0.3 is 11.1 Å². The first-order valence-corrected chi connectivity index (χ1v) is 8.37. The van der Waals surface area contributed by atoms with Crippen molar-refractivity contribution in [3.05, 3.63) is 67.2 Å². The number of carbonyl (C=O) groups excluding carboxylic acids is 1. The Morgan fingerprint density at radius 1 is 1.29 bits per heavy atom. The maximum atomic E-state index is 12.2. The predicted molar refractivity (Wildman–Crippen MR) is 100 cm³/mol. The van der Waals surface area contributed by atoms with E-state index in [1.165, 1.54) is 0 Å². The van der Waals surface area contributed by atoms with E-state index in [4.69, 9.17) is 18.0 Å². The number of rotatable bonds is 4. The average molecular weight is 475 g/mol. The van der Waals surface area contributed by atoms with E-state index in [0.29, 0.717) is 17.1 Å². The van der Waals surface area contributed by atoms with Gasteiger partial charge in [-0.15, -0.1) is 0 Å². The Morgan fingerprint density at radius 3 is 2.76 bits per heavy atom. The van der Waals surface area contributed by atoms with Gasteiger partial charge in [-0.25, -0.2) is 0 Å². The lowest BCUT2D eigenvalue weighted by molar-refractivity contribution is 0.0950. The lowest BCUT2D eigenvalue weighted by Crippen LogP contribution is -2.24. The minimum absolute atomic E-state index is 0.110. The smallest absolute Gasteiger partial charge is 0.252 e. The Bertz CT molecular complexity index is 706. The van der Waals surface area contributed by atoms with Crippen LogP contribution in [-0.2, 0) is 6.54 Å². The molecule has 0 aliphatic heterocycles. The summed E-state index contributed by atoms with van der Waals surface area (Å²) in [5.41, 5.74) is 8.01. The molecule has 0 saturated carbocycles. The molecule has 1 amide bonds. The standard InChI is InChI=1S/C15H12BrIN2OS/c16-11-4-5-13(17)12(7-11)15(20)19-8-9-2-1-3-10(6-9)14(18)21/h1-7H,8H2,(H2,18,21)(H,19,20). The van der Waals surface area contributed by atoms with Crippen molar-refractivity contribution in [3.8, 4) is 0 Å². The van der Waals surface area contributed by atoms with Gasteiger partial charge in [0.25, 0.3) is 5.91 Å². The predicted octanol–water partition coefficient (Wildman–Crippen LogP) is 3.62. The fourth-order valence-electron chi connectivity index (χ4n) is 1.78. The molecule has 2 aromatic rings. The third-order valence-corrected chi connectivity index (χ3v) is 4.51. The van der Waals surface area contributed by atoms with Gasteiger partial charge in [0.15, 0.2) is 0 Å². The van der Waals surface area contributed by atoms with Crippen molar-refractivity contribution in [2.75, 3.05) is 0 Å². The monoisotopic (exact) mass is 474 g/mol. The molecule has 21 heavy (non-hydrogen) atoms. The highest BCUT2D eigenvalue weighted by molar-refractivity contribution is 14.1. The van der Waals surface area contributed by atoms with Crippen LogP contribution < -0.4 is 11.1 Å². The molecule has 0 radical (unpaired) electrons. The molecule has 0 heterocycles. The first-order chi connectivity index (χ1) is 9.97. The van der Waals surface area contributed by atoms with Gasteiger partial charge in [-0.2, -0.15) is 0 Å². The maximum absolute atomic E-state index is 12.2. The van der Waals surface area contributed by atoms with E-state index in [1.807, 2.05) is 42.5 Å². The third kappa shape index (κ3) is 4.49. The number of halogens is 2. The van der Waals surface area contributed by atoms with Gasteiger partial charge in [-0.1, -0.05) is 46.3 Å². The minimum atomic E-state index is -0.110. The van der Waals surface area contributed by atoms with Crippen LogP contribution in [0.25, 0.3) is 0 Å². The van der Waals surface area contributed by atoms with Gasteiger partial charge in [0.1, 0.15) is 4.99 Å². The van der Waals surface area contributed by atoms with Crippen molar-refractivity contribution >= 4 is 61.6 Å². The average Bonchev–Trinajstić information content (AvgIpc) is 2.47. The summed E-state index contributed by atoms with van der Waals surface area (Å²) in [7, 11) is 0. The Morgan fingerprint density at radius 2 is 2.05 bits per heavy atom. The van der Waals surface area contributed by atoms with Gasteiger partial charge in [-0.3, -0.25) is 4.79 Å². The molecule has 0 unspecified atom stereocenters. The highest BCUT2D eigenvalue weighted by Crippen LogP contribution is 2.18. The molecule has 2 rings (SSSR count). The molecular weight excluding hydrogens is 463 g/mol. The molecule has 2 aromatic carbocycles. The van der Waals surface area contributed by atoms with E-state index in [1.54, 1.807) is 0 Å². The van der Waals surface area contributed by atoms with Crippen molar-refractivity contribution < 1.29 is 4.79 Å². The van der Waals surface area contributed by atoms with Crippen LogP contribution in [0.3, 0.4) is 0 Å². The Hall–Kier alpha value is -0.990. The van der Waals surface area contributed by atoms with Crippen LogP contribution in [-0.4, -0.2) is 10.9 Å². The van der Waals surface area contributed by atoms with Crippen molar-refractivity contribution in [3.63, 3.8) is 0 Å². The SMILES string of the molecule is NC(=S)c1cccc(CNC(=O)c2cc(Br)ccc2I)c1. The van der Waals surface area contributed by atoms with Crippen LogP contribution in [0.4, 0.5) is 0 Å². The molecule has 6 heteroatoms. The summed E-state index contributed by atoms with van der Waals surface area (Å²) < 4.78 is 1.79. The molecule has 3 N–H and O–H groups in total. The van der Waals surface area contributed by atoms with Gasteiger partial charge in [0.05, 0.1) is 5.56 Å². The van der Waals surface area contributed by atoms with Crippen LogP contribution >= 0.6 is 50.7 Å². The number of thiocarbonyl (C=S) groups is 1. The number of amides is 1. The first-order valence-electron chi connectivity index (χ1n) is 6.09. The lowest BCUT2D eigenvalue weighted by atomic mass is 10.1. The van der Waals surface area contributed by atoms with Crippen LogP contribution in [0, 0.1) is 3.57 Å². The Labute approximate surface area is 150 Å². The third-order valence-electron chi connectivity index (χ3n) is 2.84. The van der Waals surface area contributed by atoms with E-state index in [0.717, 1.165) is 19.2 Å². The van der Waals surface area contributed by atoms with Crippen molar-refractivity contribution in [2.45, 2.75) is 6.54 Å². The summed E-state index contributed by atoms with van der Waals surface area (Å²) in [5, 5.41) is 2.90. The highest BCUT2D eigenvalue weighted by Gasteiger charge is 2.10. The maximum Gasteiger partial charge on any atom is 0.252 e. The molecule has 0 atom stereocenters. The topological polar surface area (TPSA) is 55.1 Å². The van der Waals surface area contributed by atoms with E-state index in [9.17, 15) is 4.79 Å². The zero-order chi connectivity index (χ0) is 15.4. The summed E-state index contributed by atoms with van der Waals surface area (Å²) in [5.74, 6) is -0.110. The molecular formula is C15H12BrIN2OS. The first kappa shape index (κ1) is 16.4. The zero-order valence-corrected chi connectivity index (χ0v) is 15.5. The number of hydrogen-bond donors (Lipinski definition) is 2. The molecule has 0 bridgehead atoms. The second-order valence-corrected chi connectivity index (χ2v) is 6.89. The quantitative estimate of drug-likeness (QED) is 0.525. The molecule has 0 fully saturated rings. The van der Waals surface area contributed by atoms with Crippen LogP contribution in [0.5, 0.6) is 0 Å². The number of carbonyl (C=O) groups is 1. The number of nitrogens with one attached hydrogen (secondary N) is 1. The van der Waals surface area contributed by atoms with Crippen LogP contribution in [0.15, 0.2) is 46.9 Å². The molecule has 0 spiro atoms. The number of benzene rings is 2. The fraction of sp³-hybridized carbons (Fsp3) is 0.0667. The van der Waals surface area contributed by atoms with E-state index < -0.39 is 0 Å². The summed E-state index contributed by atoms with van der Waals surface area (Å²) >= 11 is 10.5. The Balaban J connectivity index is 2.09. The van der Waals surface area contributed by atoms with Crippen LogP contribution in [0.2, 0.25) is 0 Å². The van der Waals surface area contributed by atoms with Crippen molar-refractivity contribution in [1.82, 2.24) is 5.32 Å². The fourth-order valence-corrected chi connectivity index (χ4v) is 2.85. The van der Waals surface area contributed by atoms with Gasteiger partial charge in [-0.05, 0) is 52.4 Å². The summed E-state index contributed by atoms with van der Waals surface area (Å²) in [6.45, 7) is 0.428. The van der Waals surface area contributed by atoms with Crippen molar-refractivity contribution in [1.29, 1.82) is 0 Å². The van der Waals surface area contributed by atoms with Crippen LogP contribution in [0.1, 0.15) is 21.5 Å². The van der Waals surface area contributed by atoms with Crippen molar-refractivity contribution in [2.24, 2.45) is 5.73 Å². The summed E-state index contributed by atoms with van der Waals surface area (Å²) in [4.78, 5) is 12.6. The molecule has 0 saturated heterocycles. The Kier molecular flexibility index (Phi) is 5.72. The van der Waals surface area contributed by atoms with Gasteiger partial charge in [0, 0.05) is 20.2 Å². The molecule has 0 aliphatic carbocycles. The minimum Gasteiger partial charge on any atom is -0.389 e. The second kappa shape index (κ2) is 7.33. The number of nitrogens with two attached hydrogens (primary N) is 1. The normalized spacial score (nSPS) is 10.2. The number of hydrogen-bond acceptors (Lipinski definition) is 2. The van der Waals surface area contributed by atoms with Gasteiger partial charge >= 0.3 is 0 Å². The molecule has 0 aromatic heterocycles. The van der Waals surface area contributed by atoms with E-state index in [-0.39, 0.29) is 5.91 Å². The zero-order valence-electron chi connectivity index (χ0n) is 10.9. The summed E-state index contributed by atoms with van der Waals surface area (Å²) in [6.07, 6.45) is 0. The van der Waals surface area contributed by atoms with E-state index in [2.05, 4.69) is 43.8 Å². The van der Waals surface area contributed by atoms with E-state index >= 15 is 0 Å². The molecule has 108 valence electrons. The van der Waals surface area contributed by atoms with Gasteiger partial charge in [0.2, 0.25) is 0 Å². The summed E-state index contributed by atoms with van der Waals surface area (Å²) in [6, 6.07) is 13.1. The second-order valence-electron chi connectivity index (χ2n) is 4.37. The largest absolute Gasteiger partial charge is 0.389 e.